The molecule has 0 bridgehead atoms. The van der Waals surface area contributed by atoms with Crippen molar-refractivity contribution in [2.24, 2.45) is 0 Å². The number of halogens is 2. The van der Waals surface area contributed by atoms with E-state index in [0.717, 1.165) is 18.5 Å². The Bertz CT molecular complexity index is 1010. The summed E-state index contributed by atoms with van der Waals surface area (Å²) in [6.45, 7) is 8.65. The molecular formula is C21H25F2N3O4. The minimum absolute atomic E-state index is 0.0694. The van der Waals surface area contributed by atoms with Crippen LogP contribution in [0.3, 0.4) is 0 Å². The molecule has 0 amide bonds. The molecule has 1 unspecified atom stereocenters. The van der Waals surface area contributed by atoms with Crippen LogP contribution in [0.4, 0.5) is 14.5 Å². The van der Waals surface area contributed by atoms with E-state index in [-0.39, 0.29) is 29.2 Å². The second-order valence-corrected chi connectivity index (χ2v) is 6.87. The van der Waals surface area contributed by atoms with Gasteiger partial charge in [0.15, 0.2) is 5.82 Å². The molecule has 0 aliphatic carbocycles. The fourth-order valence-electron chi connectivity index (χ4n) is 3.37. The summed E-state index contributed by atoms with van der Waals surface area (Å²) in [5, 5.41) is 12.1. The van der Waals surface area contributed by atoms with Crippen LogP contribution in [0, 0.1) is 11.6 Å². The van der Waals surface area contributed by atoms with Gasteiger partial charge in [0, 0.05) is 44.8 Å². The Morgan fingerprint density at radius 3 is 2.63 bits per heavy atom. The smallest absolute Gasteiger partial charge is 0.341 e. The van der Waals surface area contributed by atoms with Crippen molar-refractivity contribution in [3.05, 3.63) is 52.3 Å². The van der Waals surface area contributed by atoms with Crippen LogP contribution >= 0.6 is 0 Å². The van der Waals surface area contributed by atoms with E-state index in [1.807, 2.05) is 6.92 Å². The Kier molecular flexibility index (Phi) is 7.82. The summed E-state index contributed by atoms with van der Waals surface area (Å²) < 4.78 is 31.2. The zero-order chi connectivity index (χ0) is 22.4. The number of aromatic nitrogens is 1. The largest absolute Gasteiger partial charge is 0.477 e. The van der Waals surface area contributed by atoms with Crippen molar-refractivity contribution in [3.63, 3.8) is 0 Å². The van der Waals surface area contributed by atoms with Gasteiger partial charge in [0.1, 0.15) is 23.4 Å². The standard InChI is InChI=1S/C17H19F2N3O3.C4H6O/c1-3-21-8-11(17(24)25)16(23)10-6-12(18)15(13(19)14(10)21)22-5-4-20-9(2)7-22;1-2-3-4-5/h6,8-9,20H,3-5,7H2,1-2H3,(H,24,25);2,4H,1,3H2. The van der Waals surface area contributed by atoms with Crippen molar-refractivity contribution in [2.45, 2.75) is 32.9 Å². The number of fused-ring (bicyclic) bond motifs is 1. The number of aromatic carboxylic acids is 1. The molecule has 1 aromatic carbocycles. The summed E-state index contributed by atoms with van der Waals surface area (Å²) in [4.78, 5) is 34.5. The van der Waals surface area contributed by atoms with Gasteiger partial charge in [-0.1, -0.05) is 6.08 Å². The number of carboxylic acids is 1. The van der Waals surface area contributed by atoms with Crippen LogP contribution in [0.1, 0.15) is 30.6 Å². The number of hydrogen-bond acceptors (Lipinski definition) is 5. The van der Waals surface area contributed by atoms with E-state index in [4.69, 9.17) is 5.11 Å². The number of nitrogens with zero attached hydrogens (tertiary/aromatic N) is 2. The van der Waals surface area contributed by atoms with Gasteiger partial charge < -0.3 is 24.7 Å². The molecule has 1 atom stereocenters. The fraction of sp³-hybridized carbons (Fsp3) is 0.381. The molecule has 3 rings (SSSR count). The number of nitrogens with one attached hydrogen (secondary N) is 1. The van der Waals surface area contributed by atoms with E-state index >= 15 is 4.39 Å². The molecular weight excluding hydrogens is 396 g/mol. The lowest BCUT2D eigenvalue weighted by Crippen LogP contribution is -2.49. The molecule has 7 nitrogen and oxygen atoms in total. The lowest BCUT2D eigenvalue weighted by molar-refractivity contribution is -0.107. The molecule has 0 saturated carbocycles. The van der Waals surface area contributed by atoms with Crippen molar-refractivity contribution in [1.82, 2.24) is 9.88 Å². The number of carbonyl (C=O) groups is 2. The van der Waals surface area contributed by atoms with Crippen LogP contribution in [0.15, 0.2) is 29.7 Å². The third-order valence-corrected chi connectivity index (χ3v) is 4.75. The molecule has 162 valence electrons. The highest BCUT2D eigenvalue weighted by molar-refractivity contribution is 5.93. The predicted molar refractivity (Wildman–Crippen MR) is 111 cm³/mol. The average molecular weight is 421 g/mol. The molecule has 1 saturated heterocycles. The van der Waals surface area contributed by atoms with Gasteiger partial charge in [0.2, 0.25) is 5.43 Å². The van der Waals surface area contributed by atoms with Crippen LogP contribution in [0.5, 0.6) is 0 Å². The molecule has 2 aromatic rings. The van der Waals surface area contributed by atoms with E-state index in [0.29, 0.717) is 26.1 Å². The zero-order valence-electron chi connectivity index (χ0n) is 17.0. The summed E-state index contributed by atoms with van der Waals surface area (Å²) in [5.41, 5.74) is -1.63. The maximum Gasteiger partial charge on any atom is 0.341 e. The predicted octanol–water partition coefficient (Wildman–Crippen LogP) is 2.56. The van der Waals surface area contributed by atoms with E-state index < -0.39 is 28.6 Å². The van der Waals surface area contributed by atoms with Crippen LogP contribution in [0.25, 0.3) is 10.9 Å². The second kappa shape index (κ2) is 10.1. The SMILES string of the molecule is C=CCC=O.CCn1cc(C(=O)O)c(=O)c2cc(F)c(N3CCNC(C)C3)c(F)c21. The number of allylic oxidation sites excluding steroid dienone is 1. The van der Waals surface area contributed by atoms with Crippen molar-refractivity contribution in [1.29, 1.82) is 0 Å². The van der Waals surface area contributed by atoms with Gasteiger partial charge in [-0.15, -0.1) is 6.58 Å². The molecule has 1 aliphatic heterocycles. The van der Waals surface area contributed by atoms with Crippen molar-refractivity contribution in [3.8, 4) is 0 Å². The van der Waals surface area contributed by atoms with Gasteiger partial charge in [-0.25, -0.2) is 13.6 Å². The number of piperazine rings is 1. The monoisotopic (exact) mass is 421 g/mol. The van der Waals surface area contributed by atoms with E-state index in [1.54, 1.807) is 17.9 Å². The minimum Gasteiger partial charge on any atom is -0.477 e. The number of anilines is 1. The summed E-state index contributed by atoms with van der Waals surface area (Å²) >= 11 is 0. The first-order valence-corrected chi connectivity index (χ1v) is 9.58. The quantitative estimate of drug-likeness (QED) is 0.570. The van der Waals surface area contributed by atoms with Gasteiger partial charge in [-0.3, -0.25) is 4.79 Å². The van der Waals surface area contributed by atoms with Gasteiger partial charge in [0.25, 0.3) is 0 Å². The average Bonchev–Trinajstić information content (AvgIpc) is 2.69. The normalized spacial score (nSPS) is 16.0. The Morgan fingerprint density at radius 2 is 2.13 bits per heavy atom. The van der Waals surface area contributed by atoms with Gasteiger partial charge in [-0.05, 0) is 19.9 Å². The highest BCUT2D eigenvalue weighted by Crippen LogP contribution is 2.30. The molecule has 2 heterocycles. The summed E-state index contributed by atoms with van der Waals surface area (Å²) in [6, 6.07) is 1.02. The number of carboxylic acid groups (broad SMARTS) is 1. The number of rotatable bonds is 5. The van der Waals surface area contributed by atoms with E-state index in [1.165, 1.54) is 4.57 Å². The molecule has 9 heteroatoms. The second-order valence-electron chi connectivity index (χ2n) is 6.87. The highest BCUT2D eigenvalue weighted by atomic mass is 19.1. The number of aldehydes is 1. The van der Waals surface area contributed by atoms with E-state index in [9.17, 15) is 18.8 Å². The van der Waals surface area contributed by atoms with Crippen LogP contribution in [-0.2, 0) is 11.3 Å². The minimum atomic E-state index is -1.42. The van der Waals surface area contributed by atoms with Crippen LogP contribution < -0.4 is 15.6 Å². The maximum atomic E-state index is 15.2. The Labute approximate surface area is 172 Å². The van der Waals surface area contributed by atoms with Crippen molar-refractivity contribution in [2.75, 3.05) is 24.5 Å². The fourth-order valence-corrected chi connectivity index (χ4v) is 3.37. The number of benzene rings is 1. The molecule has 1 aliphatic rings. The molecule has 0 radical (unpaired) electrons. The third-order valence-electron chi connectivity index (χ3n) is 4.75. The van der Waals surface area contributed by atoms with E-state index in [2.05, 4.69) is 11.9 Å². The van der Waals surface area contributed by atoms with Gasteiger partial charge in [0.05, 0.1) is 10.9 Å². The summed E-state index contributed by atoms with van der Waals surface area (Å²) in [5.74, 6) is -3.11. The zero-order valence-corrected chi connectivity index (χ0v) is 17.0. The topological polar surface area (TPSA) is 91.6 Å². The number of hydrogen-bond donors (Lipinski definition) is 2. The first-order valence-electron chi connectivity index (χ1n) is 9.58. The third kappa shape index (κ3) is 4.73. The first-order chi connectivity index (χ1) is 14.3. The van der Waals surface area contributed by atoms with Gasteiger partial charge >= 0.3 is 5.97 Å². The number of pyridine rings is 1. The summed E-state index contributed by atoms with van der Waals surface area (Å²) in [6.07, 6.45) is 3.96. The Morgan fingerprint density at radius 1 is 1.43 bits per heavy atom. The highest BCUT2D eigenvalue weighted by Gasteiger charge is 2.26. The lowest BCUT2D eigenvalue weighted by Gasteiger charge is -2.34. The number of carbonyl (C=O) groups excluding carboxylic acids is 1. The molecule has 0 spiro atoms. The number of aryl methyl sites for hydroxylation is 1. The van der Waals surface area contributed by atoms with Gasteiger partial charge in [-0.2, -0.15) is 0 Å². The van der Waals surface area contributed by atoms with Crippen LogP contribution in [0.2, 0.25) is 0 Å². The molecule has 2 N–H and O–H groups in total. The molecule has 30 heavy (non-hydrogen) atoms. The van der Waals surface area contributed by atoms with Crippen molar-refractivity contribution < 1.29 is 23.5 Å². The molecule has 1 fully saturated rings. The maximum absolute atomic E-state index is 15.2. The molecule has 1 aromatic heterocycles. The Balaban J connectivity index is 0.000000575. The van der Waals surface area contributed by atoms with Crippen molar-refractivity contribution >= 4 is 28.8 Å². The summed E-state index contributed by atoms with van der Waals surface area (Å²) in [7, 11) is 0. The lowest BCUT2D eigenvalue weighted by atomic mass is 10.1. The Hall–Kier alpha value is -3.07. The van der Waals surface area contributed by atoms with Crippen LogP contribution in [-0.4, -0.2) is 47.6 Å². The first kappa shape index (κ1) is 23.2.